The third-order valence-electron chi connectivity index (χ3n) is 2.75. The van der Waals surface area contributed by atoms with Crippen LogP contribution >= 0.6 is 0 Å². The van der Waals surface area contributed by atoms with Crippen molar-refractivity contribution in [2.75, 3.05) is 7.11 Å². The molecule has 1 atom stereocenters. The van der Waals surface area contributed by atoms with E-state index < -0.39 is 23.4 Å². The molecule has 0 saturated carbocycles. The molecular weight excluding hydrogens is 233 g/mol. The average molecular weight is 248 g/mol. The van der Waals surface area contributed by atoms with Gasteiger partial charge in [-0.2, -0.15) is 13.2 Å². The maximum Gasteiger partial charge on any atom is 0.416 e. The molecule has 1 aromatic rings. The summed E-state index contributed by atoms with van der Waals surface area (Å²) in [4.78, 5) is 0. The minimum Gasteiger partial charge on any atom is -0.385 e. The fourth-order valence-corrected chi connectivity index (χ4v) is 1.48. The van der Waals surface area contributed by atoms with E-state index in [1.807, 2.05) is 0 Å². The van der Waals surface area contributed by atoms with Crippen LogP contribution in [-0.2, 0) is 10.9 Å². The minimum absolute atomic E-state index is 0.174. The van der Waals surface area contributed by atoms with Crippen LogP contribution in [0.25, 0.3) is 0 Å². The number of hydrogen-bond acceptors (Lipinski definition) is 2. The van der Waals surface area contributed by atoms with Crippen LogP contribution in [0, 0.1) is 0 Å². The van der Waals surface area contributed by atoms with E-state index in [-0.39, 0.29) is 5.56 Å². The van der Waals surface area contributed by atoms with Crippen LogP contribution in [0.5, 0.6) is 0 Å². The first-order valence-electron chi connectivity index (χ1n) is 5.09. The smallest absolute Gasteiger partial charge is 0.385 e. The molecule has 2 nitrogen and oxygen atoms in total. The van der Waals surface area contributed by atoms with Gasteiger partial charge in [0, 0.05) is 7.11 Å². The summed E-state index contributed by atoms with van der Waals surface area (Å²) in [5.41, 5.74) is -2.09. The maximum absolute atomic E-state index is 12.7. The quantitative estimate of drug-likeness (QED) is 0.890. The van der Waals surface area contributed by atoms with Gasteiger partial charge in [0.05, 0.1) is 11.2 Å². The van der Waals surface area contributed by atoms with Gasteiger partial charge in [-0.15, -0.1) is 0 Å². The lowest BCUT2D eigenvalue weighted by Gasteiger charge is -2.30. The highest BCUT2D eigenvalue weighted by Crippen LogP contribution is 2.38. The lowest BCUT2D eigenvalue weighted by Crippen LogP contribution is -2.32. The van der Waals surface area contributed by atoms with E-state index in [0.29, 0.717) is 0 Å². The zero-order valence-electron chi connectivity index (χ0n) is 9.88. The lowest BCUT2D eigenvalue weighted by atomic mass is 9.91. The summed E-state index contributed by atoms with van der Waals surface area (Å²) in [7, 11) is 1.35. The third-order valence-corrected chi connectivity index (χ3v) is 2.75. The van der Waals surface area contributed by atoms with Crippen molar-refractivity contribution in [2.45, 2.75) is 31.7 Å². The molecule has 1 N–H and O–H groups in total. The minimum atomic E-state index is -4.48. The Balaban J connectivity index is 3.23. The Morgan fingerprint density at radius 3 is 2.18 bits per heavy atom. The number of ether oxygens (including phenoxy) is 1. The van der Waals surface area contributed by atoms with Crippen molar-refractivity contribution in [3.05, 3.63) is 35.4 Å². The molecule has 0 heterocycles. The van der Waals surface area contributed by atoms with Gasteiger partial charge >= 0.3 is 6.18 Å². The van der Waals surface area contributed by atoms with E-state index in [1.165, 1.54) is 39.2 Å². The Hall–Kier alpha value is -1.07. The van der Waals surface area contributed by atoms with Gasteiger partial charge in [0.1, 0.15) is 6.10 Å². The standard InChI is InChI=1S/C12H15F3O2/c1-11(2,17-3)10(16)8-6-4-5-7-9(8)12(13,14)15/h4-7,10,16H,1-3H3. The first-order chi connectivity index (χ1) is 7.70. The Kier molecular flexibility index (Phi) is 3.84. The molecule has 0 saturated heterocycles. The Morgan fingerprint density at radius 2 is 1.71 bits per heavy atom. The number of aliphatic hydroxyl groups is 1. The fourth-order valence-electron chi connectivity index (χ4n) is 1.48. The Labute approximate surface area is 98.0 Å². The molecule has 0 aliphatic carbocycles. The topological polar surface area (TPSA) is 29.5 Å². The van der Waals surface area contributed by atoms with Crippen LogP contribution < -0.4 is 0 Å². The highest BCUT2D eigenvalue weighted by atomic mass is 19.4. The number of alkyl halides is 3. The second-order valence-corrected chi connectivity index (χ2v) is 4.30. The molecule has 0 fully saturated rings. The first-order valence-corrected chi connectivity index (χ1v) is 5.09. The zero-order valence-corrected chi connectivity index (χ0v) is 9.88. The number of halogens is 3. The summed E-state index contributed by atoms with van der Waals surface area (Å²) in [5.74, 6) is 0. The fraction of sp³-hybridized carbons (Fsp3) is 0.500. The number of hydrogen-bond donors (Lipinski definition) is 1. The van der Waals surface area contributed by atoms with Crippen LogP contribution in [0.4, 0.5) is 13.2 Å². The molecule has 17 heavy (non-hydrogen) atoms. The average Bonchev–Trinajstić information content (AvgIpc) is 2.27. The van der Waals surface area contributed by atoms with Crippen LogP contribution in [-0.4, -0.2) is 17.8 Å². The van der Waals surface area contributed by atoms with Gasteiger partial charge in [-0.3, -0.25) is 0 Å². The van der Waals surface area contributed by atoms with Gasteiger partial charge in [-0.05, 0) is 25.5 Å². The highest BCUT2D eigenvalue weighted by Gasteiger charge is 2.38. The summed E-state index contributed by atoms with van der Waals surface area (Å²) < 4.78 is 43.3. The molecule has 0 spiro atoms. The molecule has 5 heteroatoms. The van der Waals surface area contributed by atoms with Crippen molar-refractivity contribution in [2.24, 2.45) is 0 Å². The van der Waals surface area contributed by atoms with Crippen LogP contribution in [0.15, 0.2) is 24.3 Å². The van der Waals surface area contributed by atoms with Crippen molar-refractivity contribution in [1.82, 2.24) is 0 Å². The van der Waals surface area contributed by atoms with Crippen molar-refractivity contribution in [3.8, 4) is 0 Å². The molecule has 0 radical (unpaired) electrons. The molecule has 0 aliphatic heterocycles. The van der Waals surface area contributed by atoms with Gasteiger partial charge in [0.25, 0.3) is 0 Å². The highest BCUT2D eigenvalue weighted by molar-refractivity contribution is 5.32. The van der Waals surface area contributed by atoms with E-state index in [1.54, 1.807) is 0 Å². The second kappa shape index (κ2) is 4.66. The molecule has 1 rings (SSSR count). The molecule has 0 aliphatic rings. The predicted octanol–water partition coefficient (Wildman–Crippen LogP) is 3.16. The number of benzene rings is 1. The number of aliphatic hydroxyl groups excluding tert-OH is 1. The van der Waals surface area contributed by atoms with Crippen molar-refractivity contribution in [1.29, 1.82) is 0 Å². The van der Waals surface area contributed by atoms with Gasteiger partial charge in [0.15, 0.2) is 0 Å². The molecule has 96 valence electrons. The maximum atomic E-state index is 12.7. The number of rotatable bonds is 3. The Bertz CT molecular complexity index is 386. The zero-order chi connectivity index (χ0) is 13.3. The van der Waals surface area contributed by atoms with E-state index >= 15 is 0 Å². The van der Waals surface area contributed by atoms with Crippen LogP contribution in [0.3, 0.4) is 0 Å². The van der Waals surface area contributed by atoms with Crippen molar-refractivity contribution >= 4 is 0 Å². The summed E-state index contributed by atoms with van der Waals surface area (Å²) in [6.45, 7) is 3.07. The van der Waals surface area contributed by atoms with Gasteiger partial charge in [-0.25, -0.2) is 0 Å². The predicted molar refractivity (Wildman–Crippen MR) is 57.5 cm³/mol. The van der Waals surface area contributed by atoms with E-state index in [0.717, 1.165) is 6.07 Å². The number of methoxy groups -OCH3 is 1. The monoisotopic (exact) mass is 248 g/mol. The van der Waals surface area contributed by atoms with Gasteiger partial charge in [0.2, 0.25) is 0 Å². The largest absolute Gasteiger partial charge is 0.416 e. The first kappa shape index (κ1) is 14.0. The van der Waals surface area contributed by atoms with Gasteiger partial charge in [-0.1, -0.05) is 18.2 Å². The molecule has 0 amide bonds. The summed E-state index contributed by atoms with van der Waals surface area (Å²) in [6, 6.07) is 4.96. The van der Waals surface area contributed by atoms with Crippen molar-refractivity contribution < 1.29 is 23.0 Å². The van der Waals surface area contributed by atoms with E-state index in [4.69, 9.17) is 4.74 Å². The van der Waals surface area contributed by atoms with E-state index in [2.05, 4.69) is 0 Å². The normalized spacial score (nSPS) is 14.8. The van der Waals surface area contributed by atoms with Crippen molar-refractivity contribution in [3.63, 3.8) is 0 Å². The second-order valence-electron chi connectivity index (χ2n) is 4.30. The lowest BCUT2D eigenvalue weighted by molar-refractivity contribution is -0.142. The summed E-state index contributed by atoms with van der Waals surface area (Å²) in [6.07, 6.45) is -5.83. The SMILES string of the molecule is COC(C)(C)C(O)c1ccccc1C(F)(F)F. The van der Waals surface area contributed by atoms with Crippen LogP contribution in [0.1, 0.15) is 31.1 Å². The summed E-state index contributed by atoms with van der Waals surface area (Å²) >= 11 is 0. The molecule has 1 unspecified atom stereocenters. The van der Waals surface area contributed by atoms with E-state index in [9.17, 15) is 18.3 Å². The Morgan fingerprint density at radius 1 is 1.18 bits per heavy atom. The third kappa shape index (κ3) is 2.98. The molecule has 1 aromatic carbocycles. The summed E-state index contributed by atoms with van der Waals surface area (Å²) in [5, 5.41) is 9.97. The molecule has 0 aromatic heterocycles. The molecule has 0 bridgehead atoms. The van der Waals surface area contributed by atoms with Crippen LogP contribution in [0.2, 0.25) is 0 Å². The van der Waals surface area contributed by atoms with Gasteiger partial charge < -0.3 is 9.84 Å². The molecular formula is C12H15F3O2.